The third-order valence-corrected chi connectivity index (χ3v) is 2.94. The summed E-state index contributed by atoms with van der Waals surface area (Å²) in [6.45, 7) is 5.67. The van der Waals surface area contributed by atoms with E-state index in [1.807, 2.05) is 6.92 Å². The largest absolute Gasteiger partial charge is 0.479 e. The fourth-order valence-corrected chi connectivity index (χ4v) is 1.98. The molecule has 2 unspecified atom stereocenters. The fraction of sp³-hybridized carbons (Fsp3) is 0.900. The molecule has 1 aliphatic heterocycles. The summed E-state index contributed by atoms with van der Waals surface area (Å²) in [5, 5.41) is 12.4. The fourth-order valence-electron chi connectivity index (χ4n) is 1.98. The number of piperidine rings is 1. The summed E-state index contributed by atoms with van der Waals surface area (Å²) < 4.78 is 5.39. The molecule has 0 amide bonds. The molecule has 14 heavy (non-hydrogen) atoms. The van der Waals surface area contributed by atoms with Crippen LogP contribution in [0.3, 0.4) is 0 Å². The highest BCUT2D eigenvalue weighted by Crippen LogP contribution is 2.27. The number of carboxylic acid groups (broad SMARTS) is 1. The Hall–Kier alpha value is -0.610. The van der Waals surface area contributed by atoms with Gasteiger partial charge >= 0.3 is 5.97 Å². The summed E-state index contributed by atoms with van der Waals surface area (Å²) >= 11 is 0. The number of nitrogens with one attached hydrogen (secondary N) is 1. The molecule has 0 spiro atoms. The number of hydrogen-bond donors (Lipinski definition) is 2. The molecule has 1 heterocycles. The van der Waals surface area contributed by atoms with E-state index in [0.29, 0.717) is 6.61 Å². The molecule has 0 bridgehead atoms. The number of aliphatic carboxylic acids is 1. The van der Waals surface area contributed by atoms with Gasteiger partial charge in [-0.15, -0.1) is 0 Å². The Kier molecular flexibility index (Phi) is 3.89. The van der Waals surface area contributed by atoms with Gasteiger partial charge in [0.1, 0.15) is 0 Å². The van der Waals surface area contributed by atoms with Crippen LogP contribution in [0, 0.1) is 5.92 Å². The predicted molar refractivity (Wildman–Crippen MR) is 53.3 cm³/mol. The summed E-state index contributed by atoms with van der Waals surface area (Å²) in [4.78, 5) is 11.2. The molecular weight excluding hydrogens is 182 g/mol. The van der Waals surface area contributed by atoms with E-state index in [4.69, 9.17) is 9.84 Å². The van der Waals surface area contributed by atoms with E-state index in [-0.39, 0.29) is 5.92 Å². The first-order chi connectivity index (χ1) is 6.61. The van der Waals surface area contributed by atoms with Crippen molar-refractivity contribution in [2.24, 2.45) is 5.92 Å². The normalized spacial score (nSPS) is 26.9. The highest BCUT2D eigenvalue weighted by molar-refractivity contribution is 5.77. The first-order valence-electron chi connectivity index (χ1n) is 5.19. The van der Waals surface area contributed by atoms with Crippen molar-refractivity contribution in [3.05, 3.63) is 0 Å². The summed E-state index contributed by atoms with van der Waals surface area (Å²) in [5.74, 6) is -0.776. The minimum Gasteiger partial charge on any atom is -0.479 e. The van der Waals surface area contributed by atoms with E-state index in [1.54, 1.807) is 6.92 Å². The highest BCUT2D eigenvalue weighted by atomic mass is 16.5. The van der Waals surface area contributed by atoms with Crippen LogP contribution >= 0.6 is 0 Å². The van der Waals surface area contributed by atoms with Gasteiger partial charge in [-0.2, -0.15) is 0 Å². The molecule has 0 aromatic heterocycles. The Morgan fingerprint density at radius 3 is 2.86 bits per heavy atom. The molecule has 0 saturated carbocycles. The van der Waals surface area contributed by atoms with E-state index in [2.05, 4.69) is 5.32 Å². The highest BCUT2D eigenvalue weighted by Gasteiger charge is 2.42. The lowest BCUT2D eigenvalue weighted by molar-refractivity contribution is -0.171. The van der Waals surface area contributed by atoms with Crippen LogP contribution in [0.2, 0.25) is 0 Å². The van der Waals surface area contributed by atoms with Gasteiger partial charge in [-0.1, -0.05) is 0 Å². The Bertz CT molecular complexity index is 202. The SMILES string of the molecule is CCOC(C)(C(=O)O)C1CCCNC1. The van der Waals surface area contributed by atoms with Crippen molar-refractivity contribution in [1.82, 2.24) is 5.32 Å². The van der Waals surface area contributed by atoms with Crippen LogP contribution < -0.4 is 5.32 Å². The number of ether oxygens (including phenoxy) is 1. The molecule has 4 heteroatoms. The molecule has 82 valence electrons. The zero-order valence-corrected chi connectivity index (χ0v) is 8.88. The smallest absolute Gasteiger partial charge is 0.336 e. The number of carbonyl (C=O) groups is 1. The zero-order valence-electron chi connectivity index (χ0n) is 8.88. The monoisotopic (exact) mass is 201 g/mol. The first-order valence-corrected chi connectivity index (χ1v) is 5.19. The lowest BCUT2D eigenvalue weighted by Gasteiger charge is -2.36. The average Bonchev–Trinajstić information content (AvgIpc) is 2.19. The predicted octanol–water partition coefficient (Wildman–Crippen LogP) is 0.866. The van der Waals surface area contributed by atoms with Gasteiger partial charge in [0.2, 0.25) is 0 Å². The van der Waals surface area contributed by atoms with Gasteiger partial charge in [0.05, 0.1) is 0 Å². The second-order valence-electron chi connectivity index (χ2n) is 3.89. The Morgan fingerprint density at radius 1 is 1.71 bits per heavy atom. The topological polar surface area (TPSA) is 58.6 Å². The lowest BCUT2D eigenvalue weighted by Crippen LogP contribution is -2.51. The molecular formula is C10H19NO3. The summed E-state index contributed by atoms with van der Waals surface area (Å²) in [7, 11) is 0. The van der Waals surface area contributed by atoms with Crippen molar-refractivity contribution >= 4 is 5.97 Å². The molecule has 1 rings (SSSR count). The summed E-state index contributed by atoms with van der Waals surface area (Å²) in [5.41, 5.74) is -1.03. The van der Waals surface area contributed by atoms with Crippen molar-refractivity contribution in [3.63, 3.8) is 0 Å². The van der Waals surface area contributed by atoms with E-state index in [0.717, 1.165) is 25.9 Å². The Balaban J connectivity index is 2.69. The van der Waals surface area contributed by atoms with E-state index in [1.165, 1.54) is 0 Å². The van der Waals surface area contributed by atoms with Crippen LogP contribution in [-0.2, 0) is 9.53 Å². The summed E-state index contributed by atoms with van der Waals surface area (Å²) in [6, 6.07) is 0. The second kappa shape index (κ2) is 4.75. The molecule has 2 atom stereocenters. The molecule has 0 aliphatic carbocycles. The molecule has 0 aromatic rings. The maximum atomic E-state index is 11.2. The summed E-state index contributed by atoms with van der Waals surface area (Å²) in [6.07, 6.45) is 1.95. The van der Waals surface area contributed by atoms with Gasteiger partial charge in [-0.25, -0.2) is 4.79 Å². The zero-order chi connectivity index (χ0) is 10.6. The maximum absolute atomic E-state index is 11.2. The van der Waals surface area contributed by atoms with Crippen LogP contribution in [0.5, 0.6) is 0 Å². The van der Waals surface area contributed by atoms with Crippen LogP contribution in [0.15, 0.2) is 0 Å². The molecule has 1 fully saturated rings. The second-order valence-corrected chi connectivity index (χ2v) is 3.89. The van der Waals surface area contributed by atoms with Crippen LogP contribution in [0.1, 0.15) is 26.7 Å². The lowest BCUT2D eigenvalue weighted by atomic mass is 9.83. The van der Waals surface area contributed by atoms with Gasteiger partial charge < -0.3 is 15.2 Å². The van der Waals surface area contributed by atoms with Gasteiger partial charge in [0.25, 0.3) is 0 Å². The quantitative estimate of drug-likeness (QED) is 0.708. The van der Waals surface area contributed by atoms with Crippen LogP contribution in [-0.4, -0.2) is 36.4 Å². The van der Waals surface area contributed by atoms with E-state index >= 15 is 0 Å². The van der Waals surface area contributed by atoms with Crippen LogP contribution in [0.4, 0.5) is 0 Å². The Labute approximate surface area is 84.6 Å². The number of rotatable bonds is 4. The molecule has 0 radical (unpaired) electrons. The molecule has 0 aromatic carbocycles. The van der Waals surface area contributed by atoms with Gasteiger partial charge in [-0.3, -0.25) is 0 Å². The van der Waals surface area contributed by atoms with E-state index < -0.39 is 11.6 Å². The first kappa shape index (κ1) is 11.5. The van der Waals surface area contributed by atoms with Gasteiger partial charge in [0.15, 0.2) is 5.60 Å². The van der Waals surface area contributed by atoms with Crippen molar-refractivity contribution in [1.29, 1.82) is 0 Å². The minimum absolute atomic E-state index is 0.0775. The third kappa shape index (κ3) is 2.25. The number of hydrogen-bond acceptors (Lipinski definition) is 3. The average molecular weight is 201 g/mol. The Morgan fingerprint density at radius 2 is 2.43 bits per heavy atom. The third-order valence-electron chi connectivity index (χ3n) is 2.94. The van der Waals surface area contributed by atoms with Crippen LogP contribution in [0.25, 0.3) is 0 Å². The van der Waals surface area contributed by atoms with Gasteiger partial charge in [0, 0.05) is 19.1 Å². The van der Waals surface area contributed by atoms with Gasteiger partial charge in [-0.05, 0) is 33.2 Å². The van der Waals surface area contributed by atoms with Crippen molar-refractivity contribution in [2.45, 2.75) is 32.3 Å². The van der Waals surface area contributed by atoms with Crippen molar-refractivity contribution < 1.29 is 14.6 Å². The molecule has 1 saturated heterocycles. The maximum Gasteiger partial charge on any atom is 0.336 e. The minimum atomic E-state index is -1.03. The standard InChI is InChI=1S/C10H19NO3/c1-3-14-10(2,9(12)13)8-5-4-6-11-7-8/h8,11H,3-7H2,1-2H3,(H,12,13). The molecule has 1 aliphatic rings. The molecule has 4 nitrogen and oxygen atoms in total. The molecule has 2 N–H and O–H groups in total. The number of carboxylic acids is 1. The van der Waals surface area contributed by atoms with E-state index in [9.17, 15) is 4.79 Å². The van der Waals surface area contributed by atoms with Crippen molar-refractivity contribution in [2.75, 3.05) is 19.7 Å². The van der Waals surface area contributed by atoms with Crippen molar-refractivity contribution in [3.8, 4) is 0 Å².